The fourth-order valence-corrected chi connectivity index (χ4v) is 0.364. The van der Waals surface area contributed by atoms with Crippen molar-refractivity contribution in [2.75, 3.05) is 6.61 Å². The van der Waals surface area contributed by atoms with Gasteiger partial charge in [0.05, 0.1) is 6.61 Å². The Morgan fingerprint density at radius 2 is 1.82 bits per heavy atom. The van der Waals surface area contributed by atoms with Crippen molar-refractivity contribution in [3.8, 4) is 0 Å². The molecule has 0 aromatic rings. The average Bonchev–Trinajstić information content (AvgIpc) is 1.99. The second kappa shape index (κ2) is 4.90. The van der Waals surface area contributed by atoms with Gasteiger partial charge in [0.25, 0.3) is 0 Å². The van der Waals surface area contributed by atoms with Crippen molar-refractivity contribution in [3.63, 3.8) is 0 Å². The summed E-state index contributed by atoms with van der Waals surface area (Å²) in [6.45, 7) is 6.67. The van der Waals surface area contributed by atoms with E-state index in [0.29, 0.717) is 5.57 Å². The summed E-state index contributed by atoms with van der Waals surface area (Å²) >= 11 is 0. The Hall–Kier alpha value is -0.835. The summed E-state index contributed by atoms with van der Waals surface area (Å²) in [4.78, 5) is 0. The van der Waals surface area contributed by atoms with Crippen LogP contribution in [0, 0.1) is 0 Å². The molecule has 4 heteroatoms. The third kappa shape index (κ3) is 4.55. The molecule has 11 heavy (non-hydrogen) atoms. The van der Waals surface area contributed by atoms with Gasteiger partial charge in [-0.3, -0.25) is 0 Å². The number of aliphatic hydroxyl groups excluding tert-OH is 1. The molecule has 0 aromatic carbocycles. The molecule has 0 fully saturated rings. The van der Waals surface area contributed by atoms with Gasteiger partial charge in [-0.25, -0.2) is 0 Å². The Labute approximate surface area is 66.1 Å². The Kier molecular flexibility index (Phi) is 4.53. The Morgan fingerprint density at radius 3 is 2.18 bits per heavy atom. The molecule has 0 unspecified atom stereocenters. The van der Waals surface area contributed by atoms with Crippen LogP contribution in [0.25, 0.3) is 0 Å². The van der Waals surface area contributed by atoms with Crippen molar-refractivity contribution in [2.45, 2.75) is 0 Å². The number of hydrogen-bond donors (Lipinski definition) is 3. The van der Waals surface area contributed by atoms with Crippen LogP contribution >= 0.6 is 0 Å². The molecule has 0 aromatic heterocycles. The van der Waals surface area contributed by atoms with Gasteiger partial charge in [0.1, 0.15) is 0 Å². The molecular weight excluding hydrogens is 143 g/mol. The predicted molar refractivity (Wildman–Crippen MR) is 44.7 cm³/mol. The predicted octanol–water partition coefficient (Wildman–Crippen LogP) is -0.341. The SMILES string of the molecule is C=C(/C=C\C(=C)B(O)O)CO. The molecular formula is C7H11BO3. The number of allylic oxidation sites excluding steroid dienone is 2. The zero-order chi connectivity index (χ0) is 8.85. The van der Waals surface area contributed by atoms with Gasteiger partial charge in [-0.05, 0) is 11.0 Å². The highest BCUT2D eigenvalue weighted by molar-refractivity contribution is 6.51. The molecule has 0 radical (unpaired) electrons. The molecule has 3 N–H and O–H groups in total. The fourth-order valence-electron chi connectivity index (χ4n) is 0.364. The first-order chi connectivity index (χ1) is 5.07. The molecule has 0 saturated heterocycles. The van der Waals surface area contributed by atoms with E-state index >= 15 is 0 Å². The minimum atomic E-state index is -1.54. The summed E-state index contributed by atoms with van der Waals surface area (Å²) in [5.41, 5.74) is 0.659. The van der Waals surface area contributed by atoms with E-state index < -0.39 is 7.12 Å². The first-order valence-corrected chi connectivity index (χ1v) is 3.09. The standard InChI is InChI=1S/C7H11BO3/c1-6(5-9)3-4-7(2)8(10)11/h3-4,9-11H,1-2,5H2/b4-3-. The van der Waals surface area contributed by atoms with Crippen LogP contribution in [0.4, 0.5) is 0 Å². The lowest BCUT2D eigenvalue weighted by Crippen LogP contribution is -2.12. The molecule has 0 amide bonds. The van der Waals surface area contributed by atoms with E-state index in [4.69, 9.17) is 15.2 Å². The number of aliphatic hydroxyl groups is 1. The van der Waals surface area contributed by atoms with Crippen LogP contribution in [0.5, 0.6) is 0 Å². The summed E-state index contributed by atoms with van der Waals surface area (Å²) in [5.74, 6) is 0. The molecule has 0 saturated carbocycles. The molecule has 0 aliphatic carbocycles. The van der Waals surface area contributed by atoms with Crippen LogP contribution in [0.2, 0.25) is 0 Å². The van der Waals surface area contributed by atoms with E-state index in [1.165, 1.54) is 12.2 Å². The van der Waals surface area contributed by atoms with E-state index in [1.54, 1.807) is 0 Å². The summed E-state index contributed by atoms with van der Waals surface area (Å²) in [6.07, 6.45) is 2.87. The van der Waals surface area contributed by atoms with E-state index in [2.05, 4.69) is 13.2 Å². The van der Waals surface area contributed by atoms with E-state index in [1.807, 2.05) is 0 Å². The minimum absolute atomic E-state index is 0.148. The van der Waals surface area contributed by atoms with Crippen LogP contribution in [0.1, 0.15) is 0 Å². The molecule has 0 rings (SSSR count). The lowest BCUT2D eigenvalue weighted by Gasteiger charge is -1.95. The zero-order valence-corrected chi connectivity index (χ0v) is 6.20. The van der Waals surface area contributed by atoms with Crippen molar-refractivity contribution < 1.29 is 15.2 Å². The van der Waals surface area contributed by atoms with Crippen molar-refractivity contribution in [3.05, 3.63) is 36.4 Å². The molecule has 0 spiro atoms. The maximum absolute atomic E-state index is 8.52. The lowest BCUT2D eigenvalue weighted by molar-refractivity contribution is 0.335. The highest BCUT2D eigenvalue weighted by Gasteiger charge is 2.07. The Balaban J connectivity index is 3.93. The van der Waals surface area contributed by atoms with Gasteiger partial charge in [-0.15, -0.1) is 0 Å². The smallest absolute Gasteiger partial charge is 0.423 e. The van der Waals surface area contributed by atoms with Crippen molar-refractivity contribution >= 4 is 7.12 Å². The van der Waals surface area contributed by atoms with Crippen LogP contribution in [0.15, 0.2) is 36.4 Å². The maximum Gasteiger partial charge on any atom is 0.487 e. The third-order valence-electron chi connectivity index (χ3n) is 1.07. The molecule has 0 aliphatic rings. The van der Waals surface area contributed by atoms with Gasteiger partial charge in [-0.1, -0.05) is 25.3 Å². The minimum Gasteiger partial charge on any atom is -0.423 e. The van der Waals surface area contributed by atoms with Gasteiger partial charge >= 0.3 is 7.12 Å². The molecule has 0 bridgehead atoms. The van der Waals surface area contributed by atoms with Crippen LogP contribution in [-0.2, 0) is 0 Å². The van der Waals surface area contributed by atoms with Crippen LogP contribution in [0.3, 0.4) is 0 Å². The fraction of sp³-hybridized carbons (Fsp3) is 0.143. The monoisotopic (exact) mass is 154 g/mol. The topological polar surface area (TPSA) is 60.7 Å². The average molecular weight is 154 g/mol. The largest absolute Gasteiger partial charge is 0.487 e. The summed E-state index contributed by atoms with van der Waals surface area (Å²) in [6, 6.07) is 0. The van der Waals surface area contributed by atoms with E-state index in [-0.39, 0.29) is 12.1 Å². The van der Waals surface area contributed by atoms with Crippen LogP contribution < -0.4 is 0 Å². The van der Waals surface area contributed by atoms with Crippen molar-refractivity contribution in [1.82, 2.24) is 0 Å². The van der Waals surface area contributed by atoms with E-state index in [0.717, 1.165) is 0 Å². The van der Waals surface area contributed by atoms with Crippen molar-refractivity contribution in [2.24, 2.45) is 0 Å². The molecule has 60 valence electrons. The first kappa shape index (κ1) is 10.2. The summed E-state index contributed by atoms with van der Waals surface area (Å²) < 4.78 is 0. The number of hydrogen-bond acceptors (Lipinski definition) is 3. The Bertz CT molecular complexity index is 184. The lowest BCUT2D eigenvalue weighted by atomic mass is 9.80. The third-order valence-corrected chi connectivity index (χ3v) is 1.07. The molecule has 3 nitrogen and oxygen atoms in total. The molecule has 0 heterocycles. The molecule has 0 aliphatic heterocycles. The van der Waals surface area contributed by atoms with Gasteiger partial charge in [-0.2, -0.15) is 0 Å². The van der Waals surface area contributed by atoms with Gasteiger partial charge in [0.15, 0.2) is 0 Å². The second-order valence-corrected chi connectivity index (χ2v) is 2.10. The highest BCUT2D eigenvalue weighted by Crippen LogP contribution is 1.98. The quantitative estimate of drug-likeness (QED) is 0.383. The second-order valence-electron chi connectivity index (χ2n) is 2.10. The van der Waals surface area contributed by atoms with Crippen molar-refractivity contribution in [1.29, 1.82) is 0 Å². The molecule has 0 atom stereocenters. The first-order valence-electron chi connectivity index (χ1n) is 3.09. The van der Waals surface area contributed by atoms with Gasteiger partial charge < -0.3 is 15.2 Å². The maximum atomic E-state index is 8.52. The summed E-state index contributed by atoms with van der Waals surface area (Å²) in [5, 5.41) is 25.5. The number of rotatable bonds is 4. The van der Waals surface area contributed by atoms with E-state index in [9.17, 15) is 0 Å². The van der Waals surface area contributed by atoms with Gasteiger partial charge in [0.2, 0.25) is 0 Å². The zero-order valence-electron chi connectivity index (χ0n) is 6.20. The highest BCUT2D eigenvalue weighted by atomic mass is 16.4. The van der Waals surface area contributed by atoms with Crippen LogP contribution in [-0.4, -0.2) is 28.9 Å². The summed E-state index contributed by atoms with van der Waals surface area (Å²) in [7, 11) is -1.54. The van der Waals surface area contributed by atoms with Gasteiger partial charge in [0, 0.05) is 0 Å². The normalized spacial score (nSPS) is 10.1. The Morgan fingerprint density at radius 1 is 1.27 bits per heavy atom.